The SMILES string of the molecule is CC(=O)N(C)CCN(C)Cc1cnc2cc(C(C)(C)C)ccn2c1=O. The zero-order chi connectivity index (χ0) is 18.8. The Morgan fingerprint density at radius 2 is 1.92 bits per heavy atom. The molecule has 2 aromatic rings. The van der Waals surface area contributed by atoms with Crippen molar-refractivity contribution >= 4 is 11.6 Å². The van der Waals surface area contributed by atoms with Crippen molar-refractivity contribution in [2.24, 2.45) is 0 Å². The molecule has 0 saturated carbocycles. The lowest BCUT2D eigenvalue weighted by atomic mass is 9.88. The first-order valence-electron chi connectivity index (χ1n) is 8.50. The Balaban J connectivity index is 2.19. The molecule has 2 rings (SSSR count). The fourth-order valence-electron chi connectivity index (χ4n) is 2.54. The van der Waals surface area contributed by atoms with Crippen molar-refractivity contribution in [1.29, 1.82) is 0 Å². The van der Waals surface area contributed by atoms with Crippen LogP contribution in [-0.2, 0) is 16.8 Å². The van der Waals surface area contributed by atoms with Gasteiger partial charge in [-0.05, 0) is 30.2 Å². The average molecular weight is 344 g/mol. The third-order valence-electron chi connectivity index (χ3n) is 4.44. The topological polar surface area (TPSA) is 57.9 Å². The second-order valence-corrected chi connectivity index (χ2v) is 7.66. The minimum atomic E-state index is -0.0442. The fraction of sp³-hybridized carbons (Fsp3) is 0.526. The number of aromatic nitrogens is 2. The summed E-state index contributed by atoms with van der Waals surface area (Å²) >= 11 is 0. The van der Waals surface area contributed by atoms with E-state index in [9.17, 15) is 9.59 Å². The number of carbonyl (C=O) groups excluding carboxylic acids is 1. The summed E-state index contributed by atoms with van der Waals surface area (Å²) in [6.07, 6.45) is 3.47. The van der Waals surface area contributed by atoms with Gasteiger partial charge in [0.05, 0.1) is 5.56 Å². The number of carbonyl (C=O) groups is 1. The van der Waals surface area contributed by atoms with Crippen LogP contribution in [0.3, 0.4) is 0 Å². The summed E-state index contributed by atoms with van der Waals surface area (Å²) in [4.78, 5) is 32.1. The number of fused-ring (bicyclic) bond motifs is 1. The van der Waals surface area contributed by atoms with Crippen LogP contribution in [0.2, 0.25) is 0 Å². The molecule has 0 spiro atoms. The quantitative estimate of drug-likeness (QED) is 0.831. The molecule has 1 amide bonds. The highest BCUT2D eigenvalue weighted by molar-refractivity contribution is 5.72. The number of hydrogen-bond acceptors (Lipinski definition) is 4. The van der Waals surface area contributed by atoms with Crippen LogP contribution in [0.25, 0.3) is 5.65 Å². The molecular weight excluding hydrogens is 316 g/mol. The normalized spacial score (nSPS) is 12.0. The monoisotopic (exact) mass is 344 g/mol. The molecule has 0 unspecified atom stereocenters. The molecular formula is C19H28N4O2. The Hall–Kier alpha value is -2.21. The van der Waals surface area contributed by atoms with E-state index in [4.69, 9.17) is 0 Å². The second-order valence-electron chi connectivity index (χ2n) is 7.66. The maximum Gasteiger partial charge on any atom is 0.262 e. The molecule has 25 heavy (non-hydrogen) atoms. The summed E-state index contributed by atoms with van der Waals surface area (Å²) in [5, 5.41) is 0. The summed E-state index contributed by atoms with van der Waals surface area (Å²) in [5.41, 5.74) is 2.43. The van der Waals surface area contributed by atoms with E-state index in [1.165, 1.54) is 0 Å². The van der Waals surface area contributed by atoms with Crippen molar-refractivity contribution < 1.29 is 4.79 Å². The Kier molecular flexibility index (Phi) is 5.62. The zero-order valence-electron chi connectivity index (χ0n) is 16.0. The number of likely N-dealkylation sites (N-methyl/N-ethyl adjacent to an activating group) is 2. The highest BCUT2D eigenvalue weighted by Gasteiger charge is 2.15. The molecule has 2 heterocycles. The van der Waals surface area contributed by atoms with Gasteiger partial charge in [-0.1, -0.05) is 20.8 Å². The number of hydrogen-bond donors (Lipinski definition) is 0. The third kappa shape index (κ3) is 4.66. The summed E-state index contributed by atoms with van der Waals surface area (Å²) in [5.74, 6) is 0.0375. The van der Waals surface area contributed by atoms with Crippen LogP contribution in [0.4, 0.5) is 0 Å². The van der Waals surface area contributed by atoms with Gasteiger partial charge in [-0.3, -0.25) is 14.0 Å². The van der Waals surface area contributed by atoms with Gasteiger partial charge in [0.2, 0.25) is 5.91 Å². The lowest BCUT2D eigenvalue weighted by molar-refractivity contribution is -0.127. The van der Waals surface area contributed by atoms with Crippen LogP contribution < -0.4 is 5.56 Å². The molecule has 0 fully saturated rings. The molecule has 6 heteroatoms. The van der Waals surface area contributed by atoms with E-state index in [-0.39, 0.29) is 16.9 Å². The van der Waals surface area contributed by atoms with Gasteiger partial charge in [0.25, 0.3) is 5.56 Å². The van der Waals surface area contributed by atoms with E-state index in [0.29, 0.717) is 30.8 Å². The Labute approximate surface area is 149 Å². The van der Waals surface area contributed by atoms with Crippen LogP contribution in [0, 0.1) is 0 Å². The molecule has 6 nitrogen and oxygen atoms in total. The summed E-state index contributed by atoms with van der Waals surface area (Å²) in [6.45, 7) is 9.78. The average Bonchev–Trinajstić information content (AvgIpc) is 2.54. The second kappa shape index (κ2) is 7.35. The summed E-state index contributed by atoms with van der Waals surface area (Å²) < 4.78 is 1.60. The van der Waals surface area contributed by atoms with Crippen molar-refractivity contribution in [3.63, 3.8) is 0 Å². The van der Waals surface area contributed by atoms with E-state index >= 15 is 0 Å². The molecule has 0 N–H and O–H groups in total. The molecule has 0 radical (unpaired) electrons. The molecule has 0 aliphatic carbocycles. The predicted octanol–water partition coefficient (Wildman–Crippen LogP) is 1.90. The summed E-state index contributed by atoms with van der Waals surface area (Å²) in [7, 11) is 3.71. The van der Waals surface area contributed by atoms with Gasteiger partial charge < -0.3 is 9.80 Å². The van der Waals surface area contributed by atoms with E-state index in [0.717, 1.165) is 5.56 Å². The minimum Gasteiger partial charge on any atom is -0.345 e. The van der Waals surface area contributed by atoms with Crippen LogP contribution in [0.1, 0.15) is 38.8 Å². The van der Waals surface area contributed by atoms with Crippen molar-refractivity contribution in [1.82, 2.24) is 19.2 Å². The van der Waals surface area contributed by atoms with Crippen molar-refractivity contribution in [3.8, 4) is 0 Å². The first-order chi connectivity index (χ1) is 11.6. The van der Waals surface area contributed by atoms with Crippen LogP contribution >= 0.6 is 0 Å². The summed E-state index contributed by atoms with van der Waals surface area (Å²) in [6, 6.07) is 3.95. The zero-order valence-corrected chi connectivity index (χ0v) is 16.0. The number of rotatable bonds is 5. The lowest BCUT2D eigenvalue weighted by Crippen LogP contribution is -2.34. The van der Waals surface area contributed by atoms with Gasteiger partial charge >= 0.3 is 0 Å². The fourth-order valence-corrected chi connectivity index (χ4v) is 2.54. The standard InChI is InChI=1S/C19H28N4O2/c1-14(24)22(6)10-9-21(5)13-15-12-20-17-11-16(19(2,3)4)7-8-23(17)18(15)25/h7-8,11-12H,9-10,13H2,1-6H3. The van der Waals surface area contributed by atoms with Gasteiger partial charge in [0, 0.05) is 46.0 Å². The lowest BCUT2D eigenvalue weighted by Gasteiger charge is -2.21. The van der Waals surface area contributed by atoms with Crippen LogP contribution in [0.15, 0.2) is 29.3 Å². The molecule has 0 aromatic carbocycles. The third-order valence-corrected chi connectivity index (χ3v) is 4.44. The van der Waals surface area contributed by atoms with Crippen LogP contribution in [-0.4, -0.2) is 52.3 Å². The molecule has 0 saturated heterocycles. The van der Waals surface area contributed by atoms with Crippen LogP contribution in [0.5, 0.6) is 0 Å². The molecule has 0 aliphatic rings. The largest absolute Gasteiger partial charge is 0.345 e. The van der Waals surface area contributed by atoms with E-state index < -0.39 is 0 Å². The van der Waals surface area contributed by atoms with Crippen molar-refractivity contribution in [2.75, 3.05) is 27.2 Å². The first kappa shape index (κ1) is 19.1. The number of amides is 1. The smallest absolute Gasteiger partial charge is 0.262 e. The molecule has 0 aliphatic heterocycles. The Bertz CT molecular complexity index is 820. The van der Waals surface area contributed by atoms with E-state index in [2.05, 4.69) is 25.8 Å². The Morgan fingerprint density at radius 3 is 2.52 bits per heavy atom. The van der Waals surface area contributed by atoms with Gasteiger partial charge in [0.1, 0.15) is 5.65 Å². The van der Waals surface area contributed by atoms with E-state index in [1.807, 2.05) is 24.1 Å². The van der Waals surface area contributed by atoms with Gasteiger partial charge in [-0.15, -0.1) is 0 Å². The van der Waals surface area contributed by atoms with Gasteiger partial charge in [0.15, 0.2) is 0 Å². The maximum absolute atomic E-state index is 12.7. The maximum atomic E-state index is 12.7. The molecule has 2 aromatic heterocycles. The highest BCUT2D eigenvalue weighted by Crippen LogP contribution is 2.22. The molecule has 0 atom stereocenters. The van der Waals surface area contributed by atoms with E-state index in [1.54, 1.807) is 35.7 Å². The number of nitrogens with zero attached hydrogens (tertiary/aromatic N) is 4. The van der Waals surface area contributed by atoms with Crippen molar-refractivity contribution in [3.05, 3.63) is 46.0 Å². The molecule has 0 bridgehead atoms. The minimum absolute atomic E-state index is 0.0150. The molecule has 136 valence electrons. The van der Waals surface area contributed by atoms with Gasteiger partial charge in [-0.25, -0.2) is 4.98 Å². The highest BCUT2D eigenvalue weighted by atomic mass is 16.2. The predicted molar refractivity (Wildman–Crippen MR) is 99.8 cm³/mol. The Morgan fingerprint density at radius 1 is 1.24 bits per heavy atom. The van der Waals surface area contributed by atoms with Crippen molar-refractivity contribution in [2.45, 2.75) is 39.7 Å². The number of pyridine rings is 1. The van der Waals surface area contributed by atoms with Gasteiger partial charge in [-0.2, -0.15) is 0 Å². The first-order valence-corrected chi connectivity index (χ1v) is 8.50.